The van der Waals surface area contributed by atoms with Crippen molar-refractivity contribution < 1.29 is 17.9 Å². The average Bonchev–Trinajstić information content (AvgIpc) is 2.76. The van der Waals surface area contributed by atoms with Gasteiger partial charge in [0.15, 0.2) is 0 Å². The van der Waals surface area contributed by atoms with Crippen molar-refractivity contribution >= 4 is 39.1 Å². The molecule has 1 saturated heterocycles. The third kappa shape index (κ3) is 5.70. The summed E-state index contributed by atoms with van der Waals surface area (Å²) in [6, 6.07) is 12.1. The molecule has 0 bridgehead atoms. The van der Waals surface area contributed by atoms with E-state index in [0.717, 1.165) is 11.3 Å². The molecule has 0 radical (unpaired) electrons. The third-order valence-electron chi connectivity index (χ3n) is 5.20. The number of rotatable bonds is 7. The van der Waals surface area contributed by atoms with Crippen LogP contribution in [0.15, 0.2) is 47.4 Å². The summed E-state index contributed by atoms with van der Waals surface area (Å²) in [6.45, 7) is 2.16. The molecule has 1 amide bonds. The molecule has 0 aliphatic carbocycles. The van der Waals surface area contributed by atoms with Gasteiger partial charge in [0.2, 0.25) is 15.9 Å². The van der Waals surface area contributed by atoms with Crippen LogP contribution in [-0.2, 0) is 21.4 Å². The molecule has 1 fully saturated rings. The van der Waals surface area contributed by atoms with Crippen molar-refractivity contribution in [2.45, 2.75) is 11.4 Å². The Morgan fingerprint density at radius 3 is 2.45 bits per heavy atom. The van der Waals surface area contributed by atoms with Crippen LogP contribution in [0.3, 0.4) is 0 Å². The fraction of sp³-hybridized carbons (Fsp3) is 0.381. The van der Waals surface area contributed by atoms with Crippen LogP contribution in [-0.4, -0.2) is 75.3 Å². The third-order valence-corrected chi connectivity index (χ3v) is 8.08. The first-order chi connectivity index (χ1) is 14.7. The van der Waals surface area contributed by atoms with E-state index in [1.54, 1.807) is 31.2 Å². The zero-order chi connectivity index (χ0) is 22.6. The van der Waals surface area contributed by atoms with Crippen LogP contribution in [0.2, 0.25) is 10.0 Å². The van der Waals surface area contributed by atoms with E-state index in [2.05, 4.69) is 0 Å². The largest absolute Gasteiger partial charge is 0.497 e. The van der Waals surface area contributed by atoms with Gasteiger partial charge in [-0.2, -0.15) is 4.31 Å². The minimum Gasteiger partial charge on any atom is -0.497 e. The molecule has 0 spiro atoms. The number of nitrogens with zero attached hydrogens (tertiary/aromatic N) is 3. The summed E-state index contributed by atoms with van der Waals surface area (Å²) in [5.41, 5.74) is 0.976. The number of ether oxygens (including phenoxy) is 1. The number of carbonyl (C=O) groups is 1. The quantitative estimate of drug-likeness (QED) is 0.602. The van der Waals surface area contributed by atoms with Gasteiger partial charge in [0, 0.05) is 39.8 Å². The predicted octanol–water partition coefficient (Wildman–Crippen LogP) is 2.97. The summed E-state index contributed by atoms with van der Waals surface area (Å²) in [4.78, 5) is 16.3. The fourth-order valence-electron chi connectivity index (χ4n) is 3.40. The Bertz CT molecular complexity index is 1040. The van der Waals surface area contributed by atoms with Crippen LogP contribution >= 0.6 is 23.2 Å². The molecule has 31 heavy (non-hydrogen) atoms. The van der Waals surface area contributed by atoms with Crippen LogP contribution < -0.4 is 4.74 Å². The lowest BCUT2D eigenvalue weighted by molar-refractivity contribution is -0.131. The molecule has 1 heterocycles. The summed E-state index contributed by atoms with van der Waals surface area (Å²) in [5.74, 6) is 0.715. The maximum atomic E-state index is 12.9. The number of methoxy groups -OCH3 is 1. The Morgan fingerprint density at radius 2 is 1.77 bits per heavy atom. The van der Waals surface area contributed by atoms with Crippen molar-refractivity contribution in [3.05, 3.63) is 58.1 Å². The van der Waals surface area contributed by atoms with Crippen LogP contribution in [0.25, 0.3) is 0 Å². The first-order valence-corrected chi connectivity index (χ1v) is 12.0. The van der Waals surface area contributed by atoms with Crippen LogP contribution in [0.5, 0.6) is 5.75 Å². The Hall–Kier alpha value is -1.84. The molecule has 1 aliphatic rings. The van der Waals surface area contributed by atoms with E-state index in [0.29, 0.717) is 19.6 Å². The van der Waals surface area contributed by atoms with Gasteiger partial charge in [0.1, 0.15) is 10.6 Å². The number of halogens is 2. The maximum Gasteiger partial charge on any atom is 0.244 e. The molecular formula is C21H25Cl2N3O4S. The Kier molecular flexibility index (Phi) is 7.82. The van der Waals surface area contributed by atoms with Crippen molar-refractivity contribution in [1.82, 2.24) is 14.1 Å². The molecule has 2 aromatic carbocycles. The molecule has 10 heteroatoms. The highest BCUT2D eigenvalue weighted by Crippen LogP contribution is 2.31. The molecule has 1 aliphatic heterocycles. The predicted molar refractivity (Wildman–Crippen MR) is 121 cm³/mol. The summed E-state index contributed by atoms with van der Waals surface area (Å²) in [5, 5.41) is 0.229. The van der Waals surface area contributed by atoms with E-state index in [4.69, 9.17) is 27.9 Å². The second-order valence-electron chi connectivity index (χ2n) is 7.33. The second kappa shape index (κ2) is 10.2. The highest BCUT2D eigenvalue weighted by Gasteiger charge is 2.31. The van der Waals surface area contributed by atoms with Crippen molar-refractivity contribution in [2.24, 2.45) is 0 Å². The van der Waals surface area contributed by atoms with Crippen LogP contribution in [0, 0.1) is 0 Å². The summed E-state index contributed by atoms with van der Waals surface area (Å²) in [6.07, 6.45) is 0. The van der Waals surface area contributed by atoms with Crippen molar-refractivity contribution in [2.75, 3.05) is 46.9 Å². The maximum absolute atomic E-state index is 12.9. The fourth-order valence-corrected chi connectivity index (χ4v) is 5.55. The van der Waals surface area contributed by atoms with E-state index in [1.807, 2.05) is 29.2 Å². The van der Waals surface area contributed by atoms with E-state index in [9.17, 15) is 13.2 Å². The molecule has 168 valence electrons. The Morgan fingerprint density at radius 1 is 1.10 bits per heavy atom. The summed E-state index contributed by atoms with van der Waals surface area (Å²) < 4.78 is 32.5. The molecule has 0 saturated carbocycles. The van der Waals surface area contributed by atoms with E-state index in [-0.39, 0.29) is 40.5 Å². The van der Waals surface area contributed by atoms with Gasteiger partial charge in [-0.25, -0.2) is 8.42 Å². The first kappa shape index (κ1) is 23.8. The SMILES string of the molecule is COc1cccc(CN(C)C(=O)CN2CCN(S(=O)(=O)c3cccc(Cl)c3Cl)CC2)c1. The number of hydrogen-bond acceptors (Lipinski definition) is 5. The highest BCUT2D eigenvalue weighted by molar-refractivity contribution is 7.89. The topological polar surface area (TPSA) is 70.2 Å². The monoisotopic (exact) mass is 485 g/mol. The molecule has 0 aromatic heterocycles. The minimum atomic E-state index is -3.75. The van der Waals surface area contributed by atoms with Crippen molar-refractivity contribution in [1.29, 1.82) is 0 Å². The summed E-state index contributed by atoms with van der Waals surface area (Å²) >= 11 is 12.1. The number of sulfonamides is 1. The van der Waals surface area contributed by atoms with Gasteiger partial charge in [0.25, 0.3) is 0 Å². The van der Waals surface area contributed by atoms with Gasteiger partial charge in [-0.3, -0.25) is 9.69 Å². The Labute approximate surface area is 193 Å². The lowest BCUT2D eigenvalue weighted by Crippen LogP contribution is -2.51. The Balaban J connectivity index is 1.55. The highest BCUT2D eigenvalue weighted by atomic mass is 35.5. The van der Waals surface area contributed by atoms with Gasteiger partial charge < -0.3 is 9.64 Å². The minimum absolute atomic E-state index is 0.00390. The number of benzene rings is 2. The van der Waals surface area contributed by atoms with Gasteiger partial charge in [-0.05, 0) is 29.8 Å². The lowest BCUT2D eigenvalue weighted by atomic mass is 10.2. The van der Waals surface area contributed by atoms with E-state index >= 15 is 0 Å². The first-order valence-electron chi connectivity index (χ1n) is 9.76. The number of carbonyl (C=O) groups excluding carboxylic acids is 1. The molecule has 7 nitrogen and oxygen atoms in total. The molecule has 2 aromatic rings. The van der Waals surface area contributed by atoms with Crippen LogP contribution in [0.4, 0.5) is 0 Å². The molecule has 0 N–H and O–H groups in total. The number of hydrogen-bond donors (Lipinski definition) is 0. The smallest absolute Gasteiger partial charge is 0.244 e. The zero-order valence-corrected chi connectivity index (χ0v) is 19.8. The zero-order valence-electron chi connectivity index (χ0n) is 17.4. The molecule has 0 unspecified atom stereocenters. The van der Waals surface area contributed by atoms with Crippen molar-refractivity contribution in [3.63, 3.8) is 0 Å². The standard InChI is InChI=1S/C21H25Cl2N3O4S/c1-24(14-16-5-3-6-17(13-16)30-2)20(27)15-25-9-11-26(12-10-25)31(28,29)19-8-4-7-18(22)21(19)23/h3-8,13H,9-12,14-15H2,1-2H3. The van der Waals surface area contributed by atoms with Gasteiger partial charge in [0.05, 0.1) is 23.7 Å². The van der Waals surface area contributed by atoms with Gasteiger partial charge in [-0.1, -0.05) is 41.4 Å². The van der Waals surface area contributed by atoms with E-state index in [1.165, 1.54) is 10.4 Å². The van der Waals surface area contributed by atoms with Gasteiger partial charge in [-0.15, -0.1) is 0 Å². The normalized spacial score (nSPS) is 15.6. The summed E-state index contributed by atoms with van der Waals surface area (Å²) in [7, 11) is -0.389. The van der Waals surface area contributed by atoms with Crippen molar-refractivity contribution in [3.8, 4) is 5.75 Å². The average molecular weight is 486 g/mol. The van der Waals surface area contributed by atoms with Crippen LogP contribution in [0.1, 0.15) is 5.56 Å². The second-order valence-corrected chi connectivity index (χ2v) is 10.0. The lowest BCUT2D eigenvalue weighted by Gasteiger charge is -2.34. The number of piperazine rings is 1. The molecular weight excluding hydrogens is 461 g/mol. The number of likely N-dealkylation sites (N-methyl/N-ethyl adjacent to an activating group) is 1. The molecule has 3 rings (SSSR count). The molecule has 0 atom stereocenters. The van der Waals surface area contributed by atoms with E-state index < -0.39 is 10.0 Å². The van der Waals surface area contributed by atoms with Gasteiger partial charge >= 0.3 is 0 Å². The number of amides is 1.